The topological polar surface area (TPSA) is 93.6 Å². The van der Waals surface area contributed by atoms with Crippen molar-refractivity contribution in [1.29, 1.82) is 0 Å². The van der Waals surface area contributed by atoms with E-state index in [1.165, 1.54) is 16.5 Å². The van der Waals surface area contributed by atoms with Crippen molar-refractivity contribution in [2.75, 3.05) is 27.3 Å². The Balaban J connectivity index is 2.25. The summed E-state index contributed by atoms with van der Waals surface area (Å²) in [4.78, 5) is 41.6. The van der Waals surface area contributed by atoms with Crippen molar-refractivity contribution in [3.05, 3.63) is 38.9 Å². The highest BCUT2D eigenvalue weighted by atomic mass is 32.1. The van der Waals surface area contributed by atoms with E-state index in [2.05, 4.69) is 4.98 Å². The number of benzene rings is 1. The van der Waals surface area contributed by atoms with Crippen molar-refractivity contribution in [2.45, 2.75) is 39.3 Å². The van der Waals surface area contributed by atoms with E-state index >= 15 is 0 Å². The highest BCUT2D eigenvalue weighted by Gasteiger charge is 2.21. The van der Waals surface area contributed by atoms with Crippen LogP contribution in [0.4, 0.5) is 0 Å². The van der Waals surface area contributed by atoms with Crippen LogP contribution in [0.2, 0.25) is 0 Å². The summed E-state index contributed by atoms with van der Waals surface area (Å²) >= 11 is 5.29. The molecule has 29 heavy (non-hydrogen) atoms. The molecule has 0 radical (unpaired) electrons. The number of hydrogen-bond donors (Lipinski definition) is 1. The molecule has 0 bridgehead atoms. The van der Waals surface area contributed by atoms with Gasteiger partial charge in [0.05, 0.1) is 10.9 Å². The SMILES string of the molecule is COCCCn1c(=S)[nH]c2cc(C(=O)N(C)CC(=O)OC(C)(C)C)ccc2c1=O. The molecule has 0 unspecified atom stereocenters. The summed E-state index contributed by atoms with van der Waals surface area (Å²) in [6, 6.07) is 4.72. The zero-order chi connectivity index (χ0) is 21.8. The third-order valence-electron chi connectivity index (χ3n) is 4.09. The van der Waals surface area contributed by atoms with Crippen LogP contribution in [0, 0.1) is 4.77 Å². The van der Waals surface area contributed by atoms with E-state index < -0.39 is 11.6 Å². The molecule has 1 heterocycles. The zero-order valence-corrected chi connectivity index (χ0v) is 18.2. The molecule has 0 aliphatic heterocycles. The number of aromatic nitrogens is 2. The second-order valence-corrected chi connectivity index (χ2v) is 8.13. The Morgan fingerprint density at radius 2 is 1.97 bits per heavy atom. The molecular formula is C20H27N3O5S. The normalized spacial score (nSPS) is 11.5. The summed E-state index contributed by atoms with van der Waals surface area (Å²) in [6.45, 7) is 6.08. The predicted molar refractivity (Wildman–Crippen MR) is 113 cm³/mol. The molecule has 0 aliphatic carbocycles. The molecule has 1 amide bonds. The number of nitrogens with one attached hydrogen (secondary N) is 1. The first-order valence-corrected chi connectivity index (χ1v) is 9.67. The number of hydrogen-bond acceptors (Lipinski definition) is 6. The van der Waals surface area contributed by atoms with Crippen LogP contribution < -0.4 is 5.56 Å². The summed E-state index contributed by atoms with van der Waals surface area (Å²) in [5.41, 5.74) is -0.0340. The van der Waals surface area contributed by atoms with Gasteiger partial charge in [-0.05, 0) is 57.6 Å². The molecule has 0 saturated carbocycles. The lowest BCUT2D eigenvalue weighted by Crippen LogP contribution is -2.36. The number of H-pyrrole nitrogens is 1. The Hall–Kier alpha value is -2.52. The van der Waals surface area contributed by atoms with Crippen molar-refractivity contribution in [3.63, 3.8) is 0 Å². The summed E-state index contributed by atoms with van der Waals surface area (Å²) in [6.07, 6.45) is 0.658. The van der Waals surface area contributed by atoms with E-state index in [1.807, 2.05) is 0 Å². The minimum atomic E-state index is -0.623. The number of methoxy groups -OCH3 is 1. The van der Waals surface area contributed by atoms with Crippen LogP contribution in [-0.2, 0) is 20.8 Å². The first kappa shape index (κ1) is 22.8. The number of esters is 1. The van der Waals surface area contributed by atoms with Gasteiger partial charge in [-0.25, -0.2) is 0 Å². The van der Waals surface area contributed by atoms with E-state index in [0.29, 0.717) is 36.0 Å². The number of rotatable bonds is 7. The maximum Gasteiger partial charge on any atom is 0.326 e. The third-order valence-corrected chi connectivity index (χ3v) is 4.41. The fourth-order valence-corrected chi connectivity index (χ4v) is 3.10. The number of aromatic amines is 1. The molecular weight excluding hydrogens is 394 g/mol. The first-order valence-electron chi connectivity index (χ1n) is 9.26. The number of carbonyl (C=O) groups excluding carboxylic acids is 2. The number of carbonyl (C=O) groups is 2. The Morgan fingerprint density at radius 1 is 1.28 bits per heavy atom. The van der Waals surface area contributed by atoms with Gasteiger partial charge in [-0.2, -0.15) is 0 Å². The third kappa shape index (κ3) is 5.98. The van der Waals surface area contributed by atoms with Crippen LogP contribution in [-0.4, -0.2) is 59.2 Å². The van der Waals surface area contributed by atoms with E-state index in [9.17, 15) is 14.4 Å². The van der Waals surface area contributed by atoms with E-state index in [1.54, 1.807) is 46.1 Å². The Labute approximate surface area is 174 Å². The molecule has 0 spiro atoms. The minimum absolute atomic E-state index is 0.175. The molecule has 2 rings (SSSR count). The van der Waals surface area contributed by atoms with E-state index in [4.69, 9.17) is 21.7 Å². The van der Waals surface area contributed by atoms with E-state index in [0.717, 1.165) is 0 Å². The summed E-state index contributed by atoms with van der Waals surface area (Å²) < 4.78 is 12.0. The van der Waals surface area contributed by atoms with Crippen LogP contribution >= 0.6 is 12.2 Å². The Kier molecular flexibility index (Phi) is 7.32. The van der Waals surface area contributed by atoms with Gasteiger partial charge in [-0.1, -0.05) is 0 Å². The number of ether oxygens (including phenoxy) is 2. The van der Waals surface area contributed by atoms with Crippen molar-refractivity contribution < 1.29 is 19.1 Å². The van der Waals surface area contributed by atoms with Crippen molar-refractivity contribution in [2.24, 2.45) is 0 Å². The van der Waals surface area contributed by atoms with Crippen LogP contribution in [0.1, 0.15) is 37.6 Å². The van der Waals surface area contributed by atoms with Crippen LogP contribution in [0.5, 0.6) is 0 Å². The fraction of sp³-hybridized carbons (Fsp3) is 0.500. The van der Waals surface area contributed by atoms with E-state index in [-0.39, 0.29) is 22.8 Å². The van der Waals surface area contributed by atoms with Gasteiger partial charge in [-0.3, -0.25) is 19.0 Å². The van der Waals surface area contributed by atoms with Gasteiger partial charge in [0, 0.05) is 32.9 Å². The summed E-state index contributed by atoms with van der Waals surface area (Å²) in [5.74, 6) is -0.853. The summed E-state index contributed by atoms with van der Waals surface area (Å²) in [7, 11) is 3.12. The van der Waals surface area contributed by atoms with Crippen LogP contribution in [0.3, 0.4) is 0 Å². The average Bonchev–Trinajstić information content (AvgIpc) is 2.61. The molecule has 0 aliphatic rings. The molecule has 1 N–H and O–H groups in total. The Bertz CT molecular complexity index is 1020. The second-order valence-electron chi connectivity index (χ2n) is 7.74. The van der Waals surface area contributed by atoms with Gasteiger partial charge in [-0.15, -0.1) is 0 Å². The number of fused-ring (bicyclic) bond motifs is 1. The fourth-order valence-electron chi connectivity index (χ4n) is 2.82. The molecule has 8 nitrogen and oxygen atoms in total. The first-order chi connectivity index (χ1) is 13.5. The number of likely N-dealkylation sites (N-methyl/N-ethyl adjacent to an activating group) is 1. The lowest BCUT2D eigenvalue weighted by molar-refractivity contribution is -0.155. The van der Waals surface area contributed by atoms with Gasteiger partial charge in [0.1, 0.15) is 12.1 Å². The molecule has 9 heteroatoms. The van der Waals surface area contributed by atoms with Crippen LogP contribution in [0.15, 0.2) is 23.0 Å². The van der Waals surface area contributed by atoms with Gasteiger partial charge >= 0.3 is 5.97 Å². The second kappa shape index (κ2) is 9.32. The van der Waals surface area contributed by atoms with Gasteiger partial charge in [0.25, 0.3) is 11.5 Å². The minimum Gasteiger partial charge on any atom is -0.459 e. The molecule has 0 saturated heterocycles. The Morgan fingerprint density at radius 3 is 2.59 bits per heavy atom. The molecule has 1 aromatic carbocycles. The van der Waals surface area contributed by atoms with Crippen LogP contribution in [0.25, 0.3) is 10.9 Å². The van der Waals surface area contributed by atoms with Gasteiger partial charge in [0.15, 0.2) is 4.77 Å². The standard InChI is InChI=1S/C20H27N3O5S/c1-20(2,3)28-16(24)12-22(4)17(25)13-7-8-14-15(11-13)21-19(29)23(18(14)26)9-6-10-27-5/h7-8,11H,6,9-10,12H2,1-5H3,(H,21,29). The molecule has 1 aromatic heterocycles. The highest BCUT2D eigenvalue weighted by molar-refractivity contribution is 7.71. The largest absolute Gasteiger partial charge is 0.459 e. The maximum atomic E-state index is 12.7. The van der Waals surface area contributed by atoms with Crippen molar-refractivity contribution in [1.82, 2.24) is 14.5 Å². The molecule has 0 atom stereocenters. The van der Waals surface area contributed by atoms with Crippen molar-refractivity contribution >= 4 is 35.0 Å². The van der Waals surface area contributed by atoms with Crippen molar-refractivity contribution in [3.8, 4) is 0 Å². The smallest absolute Gasteiger partial charge is 0.326 e. The zero-order valence-electron chi connectivity index (χ0n) is 17.4. The molecule has 0 fully saturated rings. The lowest BCUT2D eigenvalue weighted by Gasteiger charge is -2.22. The lowest BCUT2D eigenvalue weighted by atomic mass is 10.1. The molecule has 158 valence electrons. The molecule has 2 aromatic rings. The quantitative estimate of drug-likeness (QED) is 0.419. The maximum absolute atomic E-state index is 12.7. The highest BCUT2D eigenvalue weighted by Crippen LogP contribution is 2.13. The van der Waals surface area contributed by atoms with Gasteiger partial charge in [0.2, 0.25) is 0 Å². The predicted octanol–water partition coefficient (Wildman–Crippen LogP) is 2.51. The van der Waals surface area contributed by atoms with Gasteiger partial charge < -0.3 is 19.4 Å². The summed E-state index contributed by atoms with van der Waals surface area (Å²) in [5, 5.41) is 0.433. The number of nitrogens with zero attached hydrogens (tertiary/aromatic N) is 2. The monoisotopic (exact) mass is 421 g/mol. The average molecular weight is 422 g/mol. The number of amides is 1.